The van der Waals surface area contributed by atoms with E-state index in [2.05, 4.69) is 40.2 Å². The number of nitrogens with zero attached hydrogens (tertiary/aromatic N) is 4. The van der Waals surface area contributed by atoms with Crippen LogP contribution < -0.4 is 5.32 Å². The van der Waals surface area contributed by atoms with Crippen molar-refractivity contribution >= 4 is 0 Å². The van der Waals surface area contributed by atoms with Gasteiger partial charge >= 0.3 is 0 Å². The van der Waals surface area contributed by atoms with E-state index in [0.29, 0.717) is 12.0 Å². The summed E-state index contributed by atoms with van der Waals surface area (Å²) in [7, 11) is 0. The number of aromatic nitrogens is 4. The van der Waals surface area contributed by atoms with Crippen LogP contribution >= 0.6 is 0 Å². The fourth-order valence-electron chi connectivity index (χ4n) is 3.03. The second-order valence-corrected chi connectivity index (χ2v) is 5.92. The Hall–Kier alpha value is -1.62. The Kier molecular flexibility index (Phi) is 3.61. The molecule has 5 heteroatoms. The monoisotopic (exact) mass is 273 g/mol. The summed E-state index contributed by atoms with van der Waals surface area (Å²) in [6.07, 6.45) is 6.82. The first-order chi connectivity index (χ1) is 9.66. The van der Waals surface area contributed by atoms with Crippen molar-refractivity contribution in [1.29, 1.82) is 0 Å². The van der Waals surface area contributed by atoms with E-state index in [1.807, 2.05) is 18.7 Å². The zero-order valence-corrected chi connectivity index (χ0v) is 12.5. The van der Waals surface area contributed by atoms with Crippen molar-refractivity contribution in [3.05, 3.63) is 35.9 Å². The molecule has 2 aromatic heterocycles. The summed E-state index contributed by atoms with van der Waals surface area (Å²) in [5, 5.41) is 3.41. The van der Waals surface area contributed by atoms with Gasteiger partial charge in [-0.25, -0.2) is 9.97 Å². The molecule has 108 valence electrons. The molecule has 0 fully saturated rings. The van der Waals surface area contributed by atoms with Crippen LogP contribution in [0.2, 0.25) is 0 Å². The van der Waals surface area contributed by atoms with Crippen molar-refractivity contribution in [3.8, 4) is 0 Å². The van der Waals surface area contributed by atoms with Gasteiger partial charge in [-0.05, 0) is 6.92 Å². The zero-order valence-electron chi connectivity index (χ0n) is 12.5. The first-order valence-corrected chi connectivity index (χ1v) is 7.43. The number of fused-ring (bicyclic) bond motifs is 1. The Morgan fingerprint density at radius 1 is 1.35 bits per heavy atom. The molecule has 0 spiro atoms. The molecule has 1 aliphatic heterocycles. The second-order valence-electron chi connectivity index (χ2n) is 5.92. The van der Waals surface area contributed by atoms with Crippen LogP contribution in [0.15, 0.2) is 18.7 Å². The van der Waals surface area contributed by atoms with Crippen LogP contribution in [0, 0.1) is 0 Å². The van der Waals surface area contributed by atoms with E-state index in [1.54, 1.807) is 0 Å². The highest BCUT2D eigenvalue weighted by Crippen LogP contribution is 2.26. The second kappa shape index (κ2) is 5.40. The number of nitrogens with one attached hydrogen (secondary N) is 1. The topological polar surface area (TPSA) is 47.7 Å². The summed E-state index contributed by atoms with van der Waals surface area (Å²) in [5.74, 6) is 1.66. The van der Waals surface area contributed by atoms with Crippen LogP contribution in [0.25, 0.3) is 0 Å². The summed E-state index contributed by atoms with van der Waals surface area (Å²) >= 11 is 0. The van der Waals surface area contributed by atoms with Gasteiger partial charge in [-0.15, -0.1) is 0 Å². The van der Waals surface area contributed by atoms with Crippen molar-refractivity contribution in [2.75, 3.05) is 6.54 Å². The molecule has 20 heavy (non-hydrogen) atoms. The van der Waals surface area contributed by atoms with Crippen LogP contribution in [0.4, 0.5) is 0 Å². The molecule has 0 aliphatic carbocycles. The lowest BCUT2D eigenvalue weighted by Crippen LogP contribution is -2.26. The van der Waals surface area contributed by atoms with E-state index in [-0.39, 0.29) is 0 Å². The summed E-state index contributed by atoms with van der Waals surface area (Å²) < 4.78 is 4.60. The number of hydrogen-bond acceptors (Lipinski definition) is 3. The Morgan fingerprint density at radius 3 is 2.90 bits per heavy atom. The molecule has 3 rings (SSSR count). The van der Waals surface area contributed by atoms with Gasteiger partial charge < -0.3 is 14.5 Å². The number of imidazole rings is 2. The molecule has 1 unspecified atom stereocenters. The molecule has 0 saturated heterocycles. The minimum absolute atomic E-state index is 0.399. The van der Waals surface area contributed by atoms with Crippen LogP contribution in [-0.2, 0) is 19.5 Å². The van der Waals surface area contributed by atoms with Gasteiger partial charge in [0.25, 0.3) is 0 Å². The maximum Gasteiger partial charge on any atom is 0.112 e. The van der Waals surface area contributed by atoms with Gasteiger partial charge in [-0.1, -0.05) is 13.8 Å². The molecule has 3 heterocycles. The van der Waals surface area contributed by atoms with Crippen LogP contribution in [-0.4, -0.2) is 25.6 Å². The molecule has 1 N–H and O–H groups in total. The molecule has 1 atom stereocenters. The first-order valence-electron chi connectivity index (χ1n) is 7.43. The zero-order chi connectivity index (χ0) is 14.1. The molecule has 0 saturated carbocycles. The van der Waals surface area contributed by atoms with Crippen molar-refractivity contribution in [2.45, 2.75) is 52.2 Å². The Balaban J connectivity index is 1.95. The van der Waals surface area contributed by atoms with Gasteiger partial charge in [-0.3, -0.25) is 0 Å². The fourth-order valence-corrected chi connectivity index (χ4v) is 3.03. The molecule has 5 nitrogen and oxygen atoms in total. The van der Waals surface area contributed by atoms with E-state index in [4.69, 9.17) is 4.98 Å². The van der Waals surface area contributed by atoms with Gasteiger partial charge in [0, 0.05) is 50.1 Å². The Bertz CT molecular complexity index is 567. The molecule has 1 aliphatic rings. The quantitative estimate of drug-likeness (QED) is 0.928. The highest BCUT2D eigenvalue weighted by atomic mass is 15.2. The van der Waals surface area contributed by atoms with Gasteiger partial charge in [0.1, 0.15) is 5.82 Å². The van der Waals surface area contributed by atoms with E-state index >= 15 is 0 Å². The van der Waals surface area contributed by atoms with Gasteiger partial charge in [0.2, 0.25) is 0 Å². The fraction of sp³-hybridized carbons (Fsp3) is 0.600. The highest BCUT2D eigenvalue weighted by molar-refractivity contribution is 5.22. The van der Waals surface area contributed by atoms with Gasteiger partial charge in [0.05, 0.1) is 18.1 Å². The van der Waals surface area contributed by atoms with E-state index < -0.39 is 0 Å². The predicted molar refractivity (Wildman–Crippen MR) is 78.7 cm³/mol. The van der Waals surface area contributed by atoms with Gasteiger partial charge in [-0.2, -0.15) is 0 Å². The van der Waals surface area contributed by atoms with Crippen molar-refractivity contribution in [3.63, 3.8) is 0 Å². The Morgan fingerprint density at radius 2 is 2.20 bits per heavy atom. The summed E-state index contributed by atoms with van der Waals surface area (Å²) in [6.45, 7) is 9.61. The number of hydrogen-bond donors (Lipinski definition) is 1. The maximum absolute atomic E-state index is 4.88. The molecule has 2 aromatic rings. The van der Waals surface area contributed by atoms with Crippen molar-refractivity contribution in [1.82, 2.24) is 24.4 Å². The Labute approximate surface area is 120 Å². The minimum atomic E-state index is 0.399. The molecule has 0 radical (unpaired) electrons. The van der Waals surface area contributed by atoms with Crippen LogP contribution in [0.5, 0.6) is 0 Å². The summed E-state index contributed by atoms with van der Waals surface area (Å²) in [5.41, 5.74) is 2.65. The van der Waals surface area contributed by atoms with Crippen molar-refractivity contribution < 1.29 is 0 Å². The van der Waals surface area contributed by atoms with Gasteiger partial charge in [0.15, 0.2) is 0 Å². The third kappa shape index (κ3) is 2.38. The lowest BCUT2D eigenvalue weighted by atomic mass is 10.1. The summed E-state index contributed by atoms with van der Waals surface area (Å²) in [4.78, 5) is 9.01. The minimum Gasteiger partial charge on any atom is -0.335 e. The van der Waals surface area contributed by atoms with Crippen LogP contribution in [0.1, 0.15) is 49.9 Å². The molecule has 0 bridgehead atoms. The largest absolute Gasteiger partial charge is 0.335 e. The molecule has 0 amide bonds. The summed E-state index contributed by atoms with van der Waals surface area (Å²) in [6, 6.07) is 0.399. The molecular weight excluding hydrogens is 250 g/mol. The predicted octanol–water partition coefficient (Wildman–Crippen LogP) is 2.11. The molecular formula is C15H23N5. The number of rotatable bonds is 4. The van der Waals surface area contributed by atoms with Crippen molar-refractivity contribution in [2.24, 2.45) is 0 Å². The SMILES string of the molecule is CC(C)c1nc2c(n1C(C)Cn1ccnc1)CCNC2. The lowest BCUT2D eigenvalue weighted by Gasteiger charge is -2.23. The van der Waals surface area contributed by atoms with E-state index in [0.717, 1.165) is 26.1 Å². The lowest BCUT2D eigenvalue weighted by molar-refractivity contribution is 0.427. The van der Waals surface area contributed by atoms with E-state index in [1.165, 1.54) is 17.2 Å². The van der Waals surface area contributed by atoms with E-state index in [9.17, 15) is 0 Å². The standard InChI is InChI=1S/C15H23N5/c1-11(2)15-18-13-8-16-5-4-14(13)20(15)12(3)9-19-7-6-17-10-19/h6-7,10-12,16H,4-5,8-9H2,1-3H3. The molecule has 0 aromatic carbocycles. The smallest absolute Gasteiger partial charge is 0.112 e. The third-order valence-electron chi connectivity index (χ3n) is 3.94. The van der Waals surface area contributed by atoms with Crippen LogP contribution in [0.3, 0.4) is 0 Å². The average Bonchev–Trinajstić information content (AvgIpc) is 3.04. The maximum atomic E-state index is 4.88. The third-order valence-corrected chi connectivity index (χ3v) is 3.94. The normalized spacial score (nSPS) is 16.4. The highest BCUT2D eigenvalue weighted by Gasteiger charge is 2.24. The average molecular weight is 273 g/mol. The first kappa shape index (κ1) is 13.4.